The van der Waals surface area contributed by atoms with E-state index in [0.29, 0.717) is 24.9 Å². The van der Waals surface area contributed by atoms with Gasteiger partial charge in [0.05, 0.1) is 13.2 Å². The minimum Gasteiger partial charge on any atom is -0.399 e. The number of ether oxygens (including phenoxy) is 1. The van der Waals surface area contributed by atoms with Crippen molar-refractivity contribution in [2.45, 2.75) is 19.9 Å². The third-order valence-corrected chi connectivity index (χ3v) is 2.85. The largest absolute Gasteiger partial charge is 0.399 e. The number of nitrogens with one attached hydrogen (secondary N) is 1. The number of nitrogens with two attached hydrogens (primary N) is 1. The number of benzene rings is 1. The van der Waals surface area contributed by atoms with E-state index >= 15 is 0 Å². The van der Waals surface area contributed by atoms with Gasteiger partial charge in [-0.3, -0.25) is 9.69 Å². The van der Waals surface area contributed by atoms with Gasteiger partial charge in [-0.25, -0.2) is 0 Å². The van der Waals surface area contributed by atoms with Gasteiger partial charge in [-0.05, 0) is 38.1 Å². The third kappa shape index (κ3) is 5.72. The van der Waals surface area contributed by atoms with Crippen LogP contribution in [0.3, 0.4) is 0 Å². The smallest absolute Gasteiger partial charge is 0.238 e. The van der Waals surface area contributed by atoms with Crippen molar-refractivity contribution in [3.63, 3.8) is 0 Å². The molecule has 0 heterocycles. The first-order chi connectivity index (χ1) is 9.02. The van der Waals surface area contributed by atoms with Gasteiger partial charge in [-0.1, -0.05) is 0 Å². The van der Waals surface area contributed by atoms with Crippen LogP contribution >= 0.6 is 0 Å². The lowest BCUT2D eigenvalue weighted by Gasteiger charge is -2.25. The van der Waals surface area contributed by atoms with Crippen molar-refractivity contribution < 1.29 is 9.53 Å². The highest BCUT2D eigenvalue weighted by Crippen LogP contribution is 2.10. The number of hydrogen-bond acceptors (Lipinski definition) is 4. The summed E-state index contributed by atoms with van der Waals surface area (Å²) in [6.45, 7) is 5.83. The molecule has 3 N–H and O–H groups in total. The van der Waals surface area contributed by atoms with Crippen molar-refractivity contribution in [2.75, 3.05) is 37.9 Å². The number of nitrogen functional groups attached to an aromatic ring is 1. The van der Waals surface area contributed by atoms with E-state index in [4.69, 9.17) is 10.5 Å². The molecule has 0 aliphatic rings. The maximum Gasteiger partial charge on any atom is 0.238 e. The van der Waals surface area contributed by atoms with Gasteiger partial charge in [0.1, 0.15) is 0 Å². The van der Waals surface area contributed by atoms with Crippen LogP contribution in [0.4, 0.5) is 11.4 Å². The lowest BCUT2D eigenvalue weighted by Crippen LogP contribution is -2.40. The number of methoxy groups -OCH3 is 1. The molecule has 19 heavy (non-hydrogen) atoms. The van der Waals surface area contributed by atoms with Crippen LogP contribution in [0.2, 0.25) is 0 Å². The van der Waals surface area contributed by atoms with Gasteiger partial charge in [0.15, 0.2) is 0 Å². The summed E-state index contributed by atoms with van der Waals surface area (Å²) in [6, 6.07) is 7.42. The number of carbonyl (C=O) groups excluding carboxylic acids is 1. The summed E-state index contributed by atoms with van der Waals surface area (Å²) in [5.74, 6) is -0.0328. The molecule has 5 nitrogen and oxygen atoms in total. The molecule has 0 radical (unpaired) electrons. The Morgan fingerprint density at radius 2 is 2.00 bits per heavy atom. The van der Waals surface area contributed by atoms with Crippen LogP contribution in [0.1, 0.15) is 13.8 Å². The number of hydrogen-bond donors (Lipinski definition) is 2. The monoisotopic (exact) mass is 265 g/mol. The van der Waals surface area contributed by atoms with E-state index in [-0.39, 0.29) is 5.91 Å². The summed E-state index contributed by atoms with van der Waals surface area (Å²) in [5.41, 5.74) is 7.04. The van der Waals surface area contributed by atoms with Crippen LogP contribution in [0, 0.1) is 0 Å². The van der Waals surface area contributed by atoms with E-state index in [0.717, 1.165) is 12.2 Å². The first-order valence-corrected chi connectivity index (χ1v) is 6.41. The van der Waals surface area contributed by atoms with Crippen LogP contribution < -0.4 is 11.1 Å². The van der Waals surface area contributed by atoms with Gasteiger partial charge in [-0.2, -0.15) is 0 Å². The first-order valence-electron chi connectivity index (χ1n) is 6.41. The fraction of sp³-hybridized carbons (Fsp3) is 0.500. The average molecular weight is 265 g/mol. The van der Waals surface area contributed by atoms with E-state index in [2.05, 4.69) is 24.1 Å². The SMILES string of the molecule is COCCN(CC(=O)Nc1ccc(N)cc1)C(C)C. The second kappa shape index (κ2) is 7.76. The molecule has 0 spiro atoms. The highest BCUT2D eigenvalue weighted by atomic mass is 16.5. The summed E-state index contributed by atoms with van der Waals surface area (Å²) in [6.07, 6.45) is 0. The Morgan fingerprint density at radius 3 is 2.53 bits per heavy atom. The molecule has 1 amide bonds. The summed E-state index contributed by atoms with van der Waals surface area (Å²) in [5, 5.41) is 2.85. The molecule has 0 fully saturated rings. The molecule has 0 aliphatic carbocycles. The Hall–Kier alpha value is -1.59. The Morgan fingerprint density at radius 1 is 1.37 bits per heavy atom. The maximum absolute atomic E-state index is 12.0. The molecule has 106 valence electrons. The van der Waals surface area contributed by atoms with Gasteiger partial charge in [0.2, 0.25) is 5.91 Å². The molecular formula is C14H23N3O2. The summed E-state index contributed by atoms with van der Waals surface area (Å²) < 4.78 is 5.05. The van der Waals surface area contributed by atoms with Gasteiger partial charge in [0.25, 0.3) is 0 Å². The third-order valence-electron chi connectivity index (χ3n) is 2.85. The highest BCUT2D eigenvalue weighted by Gasteiger charge is 2.13. The van der Waals surface area contributed by atoms with Gasteiger partial charge >= 0.3 is 0 Å². The van der Waals surface area contributed by atoms with Crippen LogP contribution in [0.25, 0.3) is 0 Å². The molecule has 1 rings (SSSR count). The van der Waals surface area contributed by atoms with Crippen LogP contribution in [0.15, 0.2) is 24.3 Å². The summed E-state index contributed by atoms with van der Waals surface area (Å²) in [4.78, 5) is 14.0. The molecule has 0 unspecified atom stereocenters. The Balaban J connectivity index is 2.50. The molecule has 0 atom stereocenters. The fourth-order valence-electron chi connectivity index (χ4n) is 1.68. The van der Waals surface area contributed by atoms with E-state index in [1.54, 1.807) is 31.4 Å². The van der Waals surface area contributed by atoms with Crippen molar-refractivity contribution >= 4 is 17.3 Å². The van der Waals surface area contributed by atoms with Crippen LogP contribution in [-0.2, 0) is 9.53 Å². The number of nitrogens with zero attached hydrogens (tertiary/aromatic N) is 1. The van der Waals surface area contributed by atoms with Gasteiger partial charge in [0, 0.05) is 31.1 Å². The van der Waals surface area contributed by atoms with Crippen molar-refractivity contribution in [2.24, 2.45) is 0 Å². The maximum atomic E-state index is 12.0. The zero-order valence-electron chi connectivity index (χ0n) is 11.8. The molecule has 1 aromatic rings. The average Bonchev–Trinajstić information content (AvgIpc) is 2.37. The molecule has 0 aliphatic heterocycles. The van der Waals surface area contributed by atoms with E-state index < -0.39 is 0 Å². The normalized spacial score (nSPS) is 11.0. The van der Waals surface area contributed by atoms with Crippen molar-refractivity contribution in [1.82, 2.24) is 4.90 Å². The van der Waals surface area contributed by atoms with Crippen molar-refractivity contribution in [3.05, 3.63) is 24.3 Å². The zero-order valence-corrected chi connectivity index (χ0v) is 11.8. The highest BCUT2D eigenvalue weighted by molar-refractivity contribution is 5.92. The number of rotatable bonds is 7. The minimum atomic E-state index is -0.0328. The molecule has 0 saturated heterocycles. The van der Waals surface area contributed by atoms with E-state index in [1.807, 2.05) is 0 Å². The van der Waals surface area contributed by atoms with E-state index in [1.165, 1.54) is 0 Å². The van der Waals surface area contributed by atoms with E-state index in [9.17, 15) is 4.79 Å². The van der Waals surface area contributed by atoms with Gasteiger partial charge in [-0.15, -0.1) is 0 Å². The second-order valence-electron chi connectivity index (χ2n) is 4.73. The second-order valence-corrected chi connectivity index (χ2v) is 4.73. The fourth-order valence-corrected chi connectivity index (χ4v) is 1.68. The Kier molecular flexibility index (Phi) is 6.32. The van der Waals surface area contributed by atoms with Crippen LogP contribution in [-0.4, -0.2) is 43.7 Å². The number of anilines is 2. The first kappa shape index (κ1) is 15.5. The van der Waals surface area contributed by atoms with Crippen molar-refractivity contribution in [1.29, 1.82) is 0 Å². The lowest BCUT2D eigenvalue weighted by molar-refractivity contribution is -0.117. The predicted octanol–water partition coefficient (Wildman–Crippen LogP) is 1.56. The van der Waals surface area contributed by atoms with Gasteiger partial charge < -0.3 is 15.8 Å². The number of amides is 1. The quantitative estimate of drug-likeness (QED) is 0.734. The topological polar surface area (TPSA) is 67.6 Å². The molecule has 0 bridgehead atoms. The number of carbonyl (C=O) groups is 1. The molecule has 0 aromatic heterocycles. The lowest BCUT2D eigenvalue weighted by atomic mass is 10.2. The summed E-state index contributed by atoms with van der Waals surface area (Å²) >= 11 is 0. The molecule has 5 heteroatoms. The summed E-state index contributed by atoms with van der Waals surface area (Å²) in [7, 11) is 1.66. The Labute approximate surface area is 114 Å². The standard InChI is InChI=1S/C14H23N3O2/c1-11(2)17(8-9-19-3)10-14(18)16-13-6-4-12(15)5-7-13/h4-7,11H,8-10,15H2,1-3H3,(H,16,18). The predicted molar refractivity (Wildman–Crippen MR) is 78.1 cm³/mol. The van der Waals surface area contributed by atoms with Crippen molar-refractivity contribution in [3.8, 4) is 0 Å². The molecular weight excluding hydrogens is 242 g/mol. The van der Waals surface area contributed by atoms with Crippen LogP contribution in [0.5, 0.6) is 0 Å². The zero-order chi connectivity index (χ0) is 14.3. The molecule has 0 saturated carbocycles. The molecule has 1 aromatic carbocycles. The Bertz CT molecular complexity index is 390. The minimum absolute atomic E-state index is 0.0328.